The summed E-state index contributed by atoms with van der Waals surface area (Å²) in [6.07, 6.45) is 19.3. The Morgan fingerprint density at radius 1 is 1.11 bits per heavy atom. The monoisotopic (exact) mass is 252 g/mol. The molecule has 2 rings (SSSR count). The van der Waals surface area contributed by atoms with E-state index in [0.717, 1.165) is 18.7 Å². The van der Waals surface area contributed by atoms with Crippen molar-refractivity contribution in [3.63, 3.8) is 0 Å². The van der Waals surface area contributed by atoms with Crippen molar-refractivity contribution in [3.8, 4) is 0 Å². The van der Waals surface area contributed by atoms with E-state index in [1.807, 2.05) is 0 Å². The van der Waals surface area contributed by atoms with Crippen molar-refractivity contribution in [1.29, 1.82) is 0 Å². The predicted molar refractivity (Wildman–Crippen MR) is 83.4 cm³/mol. The lowest BCUT2D eigenvalue weighted by atomic mass is 10.0. The van der Waals surface area contributed by atoms with Crippen molar-refractivity contribution in [1.82, 2.24) is 4.90 Å². The van der Waals surface area contributed by atoms with Crippen LogP contribution in [-0.4, -0.2) is 18.0 Å². The van der Waals surface area contributed by atoms with Crippen LogP contribution in [-0.2, 0) is 0 Å². The van der Waals surface area contributed by atoms with Crippen molar-refractivity contribution < 1.29 is 0 Å². The lowest BCUT2D eigenvalue weighted by Gasteiger charge is -2.30. The molecular weight excluding hydrogens is 230 g/mol. The topological polar surface area (TPSA) is 3.24 Å². The van der Waals surface area contributed by atoms with Crippen LogP contribution >= 0.6 is 0 Å². The van der Waals surface area contributed by atoms with Crippen LogP contribution in [0.5, 0.6) is 0 Å². The molecule has 1 nitrogen and oxygen atoms in total. The minimum absolute atomic E-state index is 0.381. The third kappa shape index (κ3) is 3.11. The van der Waals surface area contributed by atoms with Crippen molar-refractivity contribution in [3.05, 3.63) is 78.5 Å². The second-order valence-corrected chi connectivity index (χ2v) is 4.74. The minimum Gasteiger partial charge on any atom is -0.385 e. The fourth-order valence-electron chi connectivity index (χ4n) is 2.47. The van der Waals surface area contributed by atoms with E-state index in [0.29, 0.717) is 5.92 Å². The van der Waals surface area contributed by atoms with Crippen LogP contribution in [0.1, 0.15) is 13.8 Å². The molecule has 0 fully saturated rings. The fraction of sp³-hybridized carbons (Fsp3) is 0.278. The van der Waals surface area contributed by atoms with Gasteiger partial charge in [-0.3, -0.25) is 0 Å². The molecule has 0 amide bonds. The van der Waals surface area contributed by atoms with Crippen LogP contribution in [0.4, 0.5) is 0 Å². The van der Waals surface area contributed by atoms with Crippen LogP contribution < -0.4 is 0 Å². The van der Waals surface area contributed by atoms with E-state index in [-0.39, 0.29) is 0 Å². The summed E-state index contributed by atoms with van der Waals surface area (Å²) in [7, 11) is 0. The summed E-state index contributed by atoms with van der Waals surface area (Å²) in [5.74, 6) is 0.381. The molecule has 0 spiro atoms. The second kappa shape index (κ2) is 6.33. The maximum atomic E-state index is 4.21. The molecule has 0 bridgehead atoms. The Bertz CT molecular complexity index is 468. The number of hydrogen-bond donors (Lipinski definition) is 0. The number of hydrogen-bond acceptors (Lipinski definition) is 1. The van der Waals surface area contributed by atoms with Crippen molar-refractivity contribution in [2.24, 2.45) is 5.92 Å². The van der Waals surface area contributed by atoms with Crippen molar-refractivity contribution in [2.45, 2.75) is 13.8 Å². The third-order valence-corrected chi connectivity index (χ3v) is 3.57. The van der Waals surface area contributed by atoms with Gasteiger partial charge in [-0.25, -0.2) is 0 Å². The molecule has 0 saturated heterocycles. The van der Waals surface area contributed by atoms with Gasteiger partial charge in [0.15, 0.2) is 0 Å². The lowest BCUT2D eigenvalue weighted by Crippen LogP contribution is -2.25. The van der Waals surface area contributed by atoms with Crippen LogP contribution in [0.15, 0.2) is 71.5 Å². The largest absolute Gasteiger partial charge is 0.385 e. The molecule has 0 N–H and O–H groups in total. The average molecular weight is 252 g/mol. The van der Waals surface area contributed by atoms with Crippen LogP contribution in [0.2, 0.25) is 0 Å². The minimum atomic E-state index is 0.381. The van der Waals surface area contributed by atoms with Gasteiger partial charge < -0.3 is 4.90 Å². The Kier molecular flexibility index (Phi) is 4.51. The average Bonchev–Trinajstić information content (AvgIpc) is 3.12. The third-order valence-electron chi connectivity index (χ3n) is 3.57. The Balaban J connectivity index is 2.34. The predicted octanol–water partition coefficient (Wildman–Crippen LogP) is 4.21. The molecule has 0 heterocycles. The first-order chi connectivity index (χ1) is 9.26. The number of rotatable bonds is 5. The molecule has 2 aliphatic rings. The van der Waals surface area contributed by atoms with Crippen LogP contribution in [0, 0.1) is 12.8 Å². The van der Waals surface area contributed by atoms with Gasteiger partial charge in [0.1, 0.15) is 0 Å². The summed E-state index contributed by atoms with van der Waals surface area (Å²) in [5.41, 5.74) is 3.62. The van der Waals surface area contributed by atoms with Crippen molar-refractivity contribution >= 4 is 0 Å². The molecule has 0 unspecified atom stereocenters. The zero-order chi connectivity index (χ0) is 13.7. The fourth-order valence-corrected chi connectivity index (χ4v) is 2.47. The molecule has 1 heteroatoms. The quantitative estimate of drug-likeness (QED) is 0.662. The molecule has 0 aromatic rings. The molecule has 0 aromatic heterocycles. The molecule has 0 atom stereocenters. The van der Waals surface area contributed by atoms with Gasteiger partial charge in [-0.1, -0.05) is 36.5 Å². The van der Waals surface area contributed by atoms with Gasteiger partial charge in [-0.2, -0.15) is 12.5 Å². The van der Waals surface area contributed by atoms with Gasteiger partial charge in [-0.15, -0.1) is 23.8 Å². The van der Waals surface area contributed by atoms with E-state index in [1.54, 1.807) is 0 Å². The Hall–Kier alpha value is -1.89. The maximum absolute atomic E-state index is 4.21. The summed E-state index contributed by atoms with van der Waals surface area (Å²) >= 11 is 0. The molecule has 2 aliphatic carbocycles. The standard InChI is InChI=1S/C18H22N/c1-4-19(5-2)18(17-12-8-9-13-17)14-15(3)16-10-6-7-11-16/h6-14,17H,3-5H2,1-2H3/q-1. The van der Waals surface area contributed by atoms with E-state index in [1.165, 1.54) is 11.3 Å². The smallest absolute Gasteiger partial charge is 0.0236 e. The van der Waals surface area contributed by atoms with Crippen LogP contribution in [0.3, 0.4) is 0 Å². The van der Waals surface area contributed by atoms with Gasteiger partial charge in [0.2, 0.25) is 0 Å². The highest BCUT2D eigenvalue weighted by Gasteiger charge is 2.12. The molecule has 19 heavy (non-hydrogen) atoms. The molecule has 0 saturated carbocycles. The van der Waals surface area contributed by atoms with E-state index >= 15 is 0 Å². The van der Waals surface area contributed by atoms with Gasteiger partial charge in [0.25, 0.3) is 0 Å². The van der Waals surface area contributed by atoms with Crippen molar-refractivity contribution in [2.75, 3.05) is 13.1 Å². The first-order valence-corrected chi connectivity index (χ1v) is 6.98. The number of nitrogens with zero attached hydrogens (tertiary/aromatic N) is 1. The summed E-state index contributed by atoms with van der Waals surface area (Å²) in [4.78, 5) is 2.40. The number of allylic oxidation sites excluding steroid dienone is 10. The first-order valence-electron chi connectivity index (χ1n) is 6.98. The van der Waals surface area contributed by atoms with Gasteiger partial charge in [0.05, 0.1) is 0 Å². The van der Waals surface area contributed by atoms with E-state index < -0.39 is 0 Å². The zero-order valence-electron chi connectivity index (χ0n) is 11.8. The van der Waals surface area contributed by atoms with Gasteiger partial charge >= 0.3 is 0 Å². The second-order valence-electron chi connectivity index (χ2n) is 4.74. The maximum Gasteiger partial charge on any atom is 0.0236 e. The van der Waals surface area contributed by atoms with E-state index in [2.05, 4.69) is 80.4 Å². The summed E-state index contributed by atoms with van der Waals surface area (Å²) in [6, 6.07) is 0. The summed E-state index contributed by atoms with van der Waals surface area (Å²) in [6.45, 7) is 10.7. The highest BCUT2D eigenvalue weighted by atomic mass is 15.1. The lowest BCUT2D eigenvalue weighted by molar-refractivity contribution is 0.361. The molecular formula is C18H22N-. The zero-order valence-corrected chi connectivity index (χ0v) is 11.8. The molecule has 0 aliphatic heterocycles. The Morgan fingerprint density at radius 2 is 1.68 bits per heavy atom. The summed E-state index contributed by atoms with van der Waals surface area (Å²) < 4.78 is 0. The Morgan fingerprint density at radius 3 is 2.21 bits per heavy atom. The highest BCUT2D eigenvalue weighted by molar-refractivity contribution is 5.49. The molecule has 0 radical (unpaired) electrons. The molecule has 100 valence electrons. The van der Waals surface area contributed by atoms with E-state index in [4.69, 9.17) is 0 Å². The van der Waals surface area contributed by atoms with Gasteiger partial charge in [-0.05, 0) is 19.5 Å². The Labute approximate surface area is 117 Å². The summed E-state index contributed by atoms with van der Waals surface area (Å²) in [5, 5.41) is 0. The highest BCUT2D eigenvalue weighted by Crippen LogP contribution is 2.25. The molecule has 0 aromatic carbocycles. The van der Waals surface area contributed by atoms with Crippen LogP contribution in [0.25, 0.3) is 0 Å². The normalized spacial score (nSPS) is 17.8. The van der Waals surface area contributed by atoms with Gasteiger partial charge in [0, 0.05) is 19.0 Å². The van der Waals surface area contributed by atoms with E-state index in [9.17, 15) is 0 Å². The SMILES string of the molecule is [CH2-]C(C=C(C1C=CC=C1)N(CC)CC)=C1C=CC=C1. The first kappa shape index (κ1) is 13.5.